The van der Waals surface area contributed by atoms with Gasteiger partial charge in [-0.3, -0.25) is 4.90 Å². The van der Waals surface area contributed by atoms with Crippen molar-refractivity contribution >= 4 is 6.09 Å². The minimum absolute atomic E-state index is 0.189. The molecule has 1 aliphatic rings. The molecule has 26 heavy (non-hydrogen) atoms. The zero-order chi connectivity index (χ0) is 19.2. The highest BCUT2D eigenvalue weighted by Crippen LogP contribution is 2.34. The van der Waals surface area contributed by atoms with Crippen molar-refractivity contribution in [1.29, 1.82) is 0 Å². The van der Waals surface area contributed by atoms with E-state index in [2.05, 4.69) is 10.2 Å². The van der Waals surface area contributed by atoms with Crippen LogP contribution in [-0.2, 0) is 4.74 Å². The van der Waals surface area contributed by atoms with Crippen molar-refractivity contribution in [1.82, 2.24) is 10.2 Å². The minimum atomic E-state index is -0.594. The van der Waals surface area contributed by atoms with Gasteiger partial charge in [-0.1, -0.05) is 18.2 Å². The summed E-state index contributed by atoms with van der Waals surface area (Å²) in [6.07, 6.45) is 1.32. The Morgan fingerprint density at radius 2 is 1.96 bits per heavy atom. The highest BCUT2D eigenvalue weighted by atomic mass is 16.6. The van der Waals surface area contributed by atoms with E-state index in [4.69, 9.17) is 9.47 Å². The summed E-state index contributed by atoms with van der Waals surface area (Å²) in [5.74, 6) is 1.30. The molecule has 6 heteroatoms. The summed E-state index contributed by atoms with van der Waals surface area (Å²) in [4.78, 5) is 14.0. The molecule has 146 valence electrons. The number of aliphatic hydroxyl groups is 1. The number of benzene rings is 1. The van der Waals surface area contributed by atoms with Crippen molar-refractivity contribution in [3.63, 3.8) is 0 Å². The molecule has 0 aliphatic heterocycles. The first-order valence-electron chi connectivity index (χ1n) is 9.27. The minimum Gasteiger partial charge on any atom is -0.491 e. The topological polar surface area (TPSA) is 71.0 Å². The average Bonchev–Trinajstić information content (AvgIpc) is 3.37. The van der Waals surface area contributed by atoms with E-state index < -0.39 is 17.8 Å². The summed E-state index contributed by atoms with van der Waals surface area (Å²) >= 11 is 0. The van der Waals surface area contributed by atoms with Crippen LogP contribution in [-0.4, -0.2) is 60.6 Å². The third-order valence-corrected chi connectivity index (χ3v) is 4.27. The van der Waals surface area contributed by atoms with Crippen LogP contribution in [0.5, 0.6) is 5.75 Å². The van der Waals surface area contributed by atoms with E-state index in [9.17, 15) is 9.90 Å². The molecule has 1 aliphatic carbocycles. The number of carbonyl (C=O) groups is 1. The first kappa shape index (κ1) is 20.5. The van der Waals surface area contributed by atoms with Crippen molar-refractivity contribution in [2.24, 2.45) is 5.92 Å². The van der Waals surface area contributed by atoms with Crippen LogP contribution in [0.25, 0.3) is 0 Å². The van der Waals surface area contributed by atoms with Crippen LogP contribution < -0.4 is 10.1 Å². The van der Waals surface area contributed by atoms with E-state index in [0.29, 0.717) is 19.0 Å². The molecule has 6 nitrogen and oxygen atoms in total. The van der Waals surface area contributed by atoms with E-state index in [0.717, 1.165) is 18.6 Å². The molecule has 1 aromatic carbocycles. The average molecular weight is 364 g/mol. The summed E-state index contributed by atoms with van der Waals surface area (Å²) in [7, 11) is 1.98. The molecule has 1 amide bonds. The summed E-state index contributed by atoms with van der Waals surface area (Å²) in [5, 5.41) is 13.1. The molecule has 2 N–H and O–H groups in total. The third-order valence-electron chi connectivity index (χ3n) is 4.27. The number of hydrogen-bond acceptors (Lipinski definition) is 5. The van der Waals surface area contributed by atoms with Gasteiger partial charge in [-0.15, -0.1) is 0 Å². The maximum atomic E-state index is 11.9. The quantitative estimate of drug-likeness (QED) is 0.705. The summed E-state index contributed by atoms with van der Waals surface area (Å²) in [6, 6.07) is 9.66. The number of hydrogen-bond donors (Lipinski definition) is 2. The van der Waals surface area contributed by atoms with E-state index in [-0.39, 0.29) is 12.6 Å². The van der Waals surface area contributed by atoms with Gasteiger partial charge in [-0.25, -0.2) is 4.79 Å². The maximum absolute atomic E-state index is 11.9. The highest BCUT2D eigenvalue weighted by molar-refractivity contribution is 5.67. The number of rotatable bonds is 9. The van der Waals surface area contributed by atoms with Crippen LogP contribution in [0.1, 0.15) is 33.6 Å². The molecule has 0 saturated heterocycles. The first-order valence-corrected chi connectivity index (χ1v) is 9.27. The second-order valence-electron chi connectivity index (χ2n) is 8.01. The summed E-state index contributed by atoms with van der Waals surface area (Å²) < 4.78 is 10.9. The van der Waals surface area contributed by atoms with Gasteiger partial charge in [0.05, 0.1) is 0 Å². The van der Waals surface area contributed by atoms with E-state index in [1.165, 1.54) is 0 Å². The van der Waals surface area contributed by atoms with Crippen LogP contribution in [0, 0.1) is 5.92 Å². The Hall–Kier alpha value is -1.79. The molecule has 2 atom stereocenters. The largest absolute Gasteiger partial charge is 0.491 e. The SMILES string of the molecule is CN(C[C@@H](O)COc1ccccc1)[C@@H](CNC(=O)OC(C)(C)C)C1CC1. The lowest BCUT2D eigenvalue weighted by Gasteiger charge is -2.30. The summed E-state index contributed by atoms with van der Waals surface area (Å²) in [5.41, 5.74) is -0.504. The van der Waals surface area contributed by atoms with Crippen LogP contribution in [0.15, 0.2) is 30.3 Å². The normalized spacial score (nSPS) is 16.8. The number of nitrogens with one attached hydrogen (secondary N) is 1. The molecule has 1 fully saturated rings. The molecule has 1 aromatic rings. The predicted molar refractivity (Wildman–Crippen MR) is 101 cm³/mol. The Labute approximate surface area is 156 Å². The monoisotopic (exact) mass is 364 g/mol. The second kappa shape index (κ2) is 9.24. The van der Waals surface area contributed by atoms with Crippen LogP contribution in [0.4, 0.5) is 4.79 Å². The van der Waals surface area contributed by atoms with Gasteiger partial charge in [-0.2, -0.15) is 0 Å². The van der Waals surface area contributed by atoms with Crippen LogP contribution in [0.3, 0.4) is 0 Å². The van der Waals surface area contributed by atoms with Gasteiger partial charge in [0.2, 0.25) is 0 Å². The molecule has 1 saturated carbocycles. The lowest BCUT2D eigenvalue weighted by atomic mass is 10.1. The number of para-hydroxylation sites is 1. The smallest absolute Gasteiger partial charge is 0.407 e. The second-order valence-corrected chi connectivity index (χ2v) is 8.01. The summed E-state index contributed by atoms with van der Waals surface area (Å²) in [6.45, 7) is 6.79. The Morgan fingerprint density at radius 1 is 1.31 bits per heavy atom. The van der Waals surface area contributed by atoms with Crippen molar-refractivity contribution < 1.29 is 19.4 Å². The Kier molecular flexibility index (Phi) is 7.29. The number of alkyl carbamates (subject to hydrolysis) is 1. The van der Waals surface area contributed by atoms with Gasteiger partial charge in [0, 0.05) is 19.1 Å². The molecular weight excluding hydrogens is 332 g/mol. The number of carbonyl (C=O) groups excluding carboxylic acids is 1. The molecule has 0 radical (unpaired) electrons. The first-order chi connectivity index (χ1) is 12.2. The molecule has 0 bridgehead atoms. The third kappa shape index (κ3) is 7.62. The van der Waals surface area contributed by atoms with E-state index >= 15 is 0 Å². The Morgan fingerprint density at radius 3 is 2.54 bits per heavy atom. The lowest BCUT2D eigenvalue weighted by molar-refractivity contribution is 0.0454. The number of ether oxygens (including phenoxy) is 2. The van der Waals surface area contributed by atoms with Crippen molar-refractivity contribution in [3.8, 4) is 5.75 Å². The Balaban J connectivity index is 1.76. The van der Waals surface area contributed by atoms with Crippen LogP contribution >= 0.6 is 0 Å². The molecule has 0 heterocycles. The van der Waals surface area contributed by atoms with Gasteiger partial charge in [-0.05, 0) is 58.7 Å². The van der Waals surface area contributed by atoms with E-state index in [1.807, 2.05) is 58.2 Å². The standard InChI is InChI=1S/C20H32N2O4/c1-20(2,3)26-19(24)21-12-18(15-10-11-15)22(4)13-16(23)14-25-17-8-6-5-7-9-17/h5-9,15-16,18,23H,10-14H2,1-4H3,(H,21,24)/t16-,18+/m1/s1. The molecule has 0 unspecified atom stereocenters. The lowest BCUT2D eigenvalue weighted by Crippen LogP contribution is -2.47. The zero-order valence-corrected chi connectivity index (χ0v) is 16.3. The van der Waals surface area contributed by atoms with Crippen molar-refractivity contribution in [2.45, 2.75) is 51.4 Å². The van der Waals surface area contributed by atoms with Crippen molar-refractivity contribution in [3.05, 3.63) is 30.3 Å². The number of amides is 1. The van der Waals surface area contributed by atoms with Gasteiger partial charge < -0.3 is 19.9 Å². The number of likely N-dealkylation sites (N-methyl/N-ethyl adjacent to an activating group) is 1. The zero-order valence-electron chi connectivity index (χ0n) is 16.3. The molecule has 2 rings (SSSR count). The molecular formula is C20H32N2O4. The Bertz CT molecular complexity index is 555. The van der Waals surface area contributed by atoms with Gasteiger partial charge in [0.1, 0.15) is 24.1 Å². The van der Waals surface area contributed by atoms with Crippen molar-refractivity contribution in [2.75, 3.05) is 26.7 Å². The number of nitrogens with zero attached hydrogens (tertiary/aromatic N) is 1. The fraction of sp³-hybridized carbons (Fsp3) is 0.650. The van der Waals surface area contributed by atoms with Crippen LogP contribution in [0.2, 0.25) is 0 Å². The van der Waals surface area contributed by atoms with Gasteiger partial charge >= 0.3 is 6.09 Å². The fourth-order valence-corrected chi connectivity index (χ4v) is 2.90. The van der Waals surface area contributed by atoms with E-state index in [1.54, 1.807) is 0 Å². The highest BCUT2D eigenvalue weighted by Gasteiger charge is 2.35. The maximum Gasteiger partial charge on any atom is 0.407 e. The van der Waals surface area contributed by atoms with Gasteiger partial charge in [0.25, 0.3) is 0 Å². The fourth-order valence-electron chi connectivity index (χ4n) is 2.90. The predicted octanol–water partition coefficient (Wildman–Crippen LogP) is 2.66. The van der Waals surface area contributed by atoms with Gasteiger partial charge in [0.15, 0.2) is 0 Å². The molecule has 0 aromatic heterocycles. The number of aliphatic hydroxyl groups excluding tert-OH is 1. The molecule has 0 spiro atoms.